The molecular weight excluding hydrogens is 274 g/mol. The van der Waals surface area contributed by atoms with Crippen LogP contribution in [0.15, 0.2) is 18.2 Å². The van der Waals surface area contributed by atoms with Gasteiger partial charge in [0.15, 0.2) is 11.5 Å². The largest absolute Gasteiger partial charge is 0.493 e. The number of hydrogen-bond donors (Lipinski definition) is 3. The van der Waals surface area contributed by atoms with Gasteiger partial charge in [-0.15, -0.1) is 0 Å². The minimum Gasteiger partial charge on any atom is -0.493 e. The lowest BCUT2D eigenvalue weighted by molar-refractivity contribution is 0.0903. The smallest absolute Gasteiger partial charge is 0.251 e. The van der Waals surface area contributed by atoms with E-state index in [-0.39, 0.29) is 24.5 Å². The Morgan fingerprint density at radius 3 is 2.57 bits per heavy atom. The summed E-state index contributed by atoms with van der Waals surface area (Å²) in [4.78, 5) is 12.2. The van der Waals surface area contributed by atoms with E-state index in [1.165, 1.54) is 14.2 Å². The number of aliphatic hydroxyl groups is 2. The average molecular weight is 295 g/mol. The van der Waals surface area contributed by atoms with Gasteiger partial charge in [0.1, 0.15) is 0 Å². The molecule has 3 N–H and O–H groups in total. The summed E-state index contributed by atoms with van der Waals surface area (Å²) in [6.07, 6.45) is 0.478. The highest BCUT2D eigenvalue weighted by atomic mass is 16.5. The Balaban J connectivity index is 2.04. The molecule has 1 fully saturated rings. The van der Waals surface area contributed by atoms with Gasteiger partial charge in [-0.05, 0) is 31.0 Å². The van der Waals surface area contributed by atoms with Crippen LogP contribution in [0.4, 0.5) is 0 Å². The Kier molecular flexibility index (Phi) is 5.03. The molecule has 0 saturated heterocycles. The lowest BCUT2D eigenvalue weighted by Gasteiger charge is -2.14. The Morgan fingerprint density at radius 1 is 1.29 bits per heavy atom. The molecule has 6 heteroatoms. The maximum Gasteiger partial charge on any atom is 0.251 e. The second kappa shape index (κ2) is 6.78. The first-order valence-corrected chi connectivity index (χ1v) is 6.90. The molecule has 0 radical (unpaired) electrons. The van der Waals surface area contributed by atoms with E-state index in [9.17, 15) is 9.90 Å². The van der Waals surface area contributed by atoms with Crippen molar-refractivity contribution in [1.82, 2.24) is 5.32 Å². The molecular formula is C15H21NO5. The first kappa shape index (κ1) is 15.6. The van der Waals surface area contributed by atoms with Crippen molar-refractivity contribution in [2.45, 2.75) is 25.0 Å². The summed E-state index contributed by atoms with van der Waals surface area (Å²) in [6.45, 7) is -0.0656. The predicted octanol–water partition coefficient (Wildman–Crippen LogP) is 0.565. The first-order chi connectivity index (χ1) is 10.1. The van der Waals surface area contributed by atoms with E-state index in [0.29, 0.717) is 29.9 Å². The van der Waals surface area contributed by atoms with Crippen LogP contribution in [0.25, 0.3) is 0 Å². The number of nitrogens with one attached hydrogen (secondary N) is 1. The maximum atomic E-state index is 12.2. The topological polar surface area (TPSA) is 88.0 Å². The van der Waals surface area contributed by atoms with Crippen LogP contribution in [0.3, 0.4) is 0 Å². The number of methoxy groups -OCH3 is 2. The summed E-state index contributed by atoms with van der Waals surface area (Å²) >= 11 is 0. The highest BCUT2D eigenvalue weighted by Crippen LogP contribution is 2.29. The van der Waals surface area contributed by atoms with Crippen LogP contribution < -0.4 is 14.8 Å². The SMILES string of the molecule is COc1ccc(C(=O)N[C@H]2C[C@@H](CO)[C@H](O)C2)cc1OC. The minimum absolute atomic E-state index is 0.0656. The van der Waals surface area contributed by atoms with Crippen molar-refractivity contribution < 1.29 is 24.5 Å². The van der Waals surface area contributed by atoms with Gasteiger partial charge in [-0.25, -0.2) is 0 Å². The highest BCUT2D eigenvalue weighted by Gasteiger charge is 2.33. The first-order valence-electron chi connectivity index (χ1n) is 6.90. The average Bonchev–Trinajstić information content (AvgIpc) is 2.86. The van der Waals surface area contributed by atoms with E-state index in [2.05, 4.69) is 5.32 Å². The van der Waals surface area contributed by atoms with E-state index in [4.69, 9.17) is 14.6 Å². The summed E-state index contributed by atoms with van der Waals surface area (Å²) in [5.74, 6) is 0.656. The van der Waals surface area contributed by atoms with Crippen LogP contribution in [-0.2, 0) is 0 Å². The fourth-order valence-electron chi connectivity index (χ4n) is 2.66. The van der Waals surface area contributed by atoms with Gasteiger partial charge in [0, 0.05) is 24.1 Å². The summed E-state index contributed by atoms with van der Waals surface area (Å²) in [7, 11) is 3.05. The molecule has 0 spiro atoms. The van der Waals surface area contributed by atoms with E-state index < -0.39 is 6.10 Å². The molecule has 0 aliphatic heterocycles. The molecule has 21 heavy (non-hydrogen) atoms. The van der Waals surface area contributed by atoms with Gasteiger partial charge in [0.25, 0.3) is 5.91 Å². The number of carbonyl (C=O) groups excluding carboxylic acids is 1. The summed E-state index contributed by atoms with van der Waals surface area (Å²) in [5.41, 5.74) is 0.467. The zero-order valence-corrected chi connectivity index (χ0v) is 12.2. The Bertz CT molecular complexity index is 505. The van der Waals surface area contributed by atoms with Crippen molar-refractivity contribution in [1.29, 1.82) is 0 Å². The number of amides is 1. The zero-order chi connectivity index (χ0) is 15.4. The summed E-state index contributed by atoms with van der Waals surface area (Å²) in [5, 5.41) is 21.7. The molecule has 3 atom stereocenters. The Morgan fingerprint density at radius 2 is 2.00 bits per heavy atom. The van der Waals surface area contributed by atoms with Crippen LogP contribution in [0.1, 0.15) is 23.2 Å². The van der Waals surface area contributed by atoms with Gasteiger partial charge >= 0.3 is 0 Å². The highest BCUT2D eigenvalue weighted by molar-refractivity contribution is 5.95. The van der Waals surface area contributed by atoms with Gasteiger partial charge in [-0.3, -0.25) is 4.79 Å². The van der Waals surface area contributed by atoms with Gasteiger partial charge in [0.05, 0.1) is 20.3 Å². The molecule has 1 amide bonds. The van der Waals surface area contributed by atoms with E-state index >= 15 is 0 Å². The molecule has 0 unspecified atom stereocenters. The molecule has 1 aromatic rings. The van der Waals surface area contributed by atoms with Gasteiger partial charge in [-0.1, -0.05) is 0 Å². The molecule has 1 aliphatic carbocycles. The van der Waals surface area contributed by atoms with Crippen LogP contribution in [-0.4, -0.2) is 49.1 Å². The fraction of sp³-hybridized carbons (Fsp3) is 0.533. The number of hydrogen-bond acceptors (Lipinski definition) is 5. The molecule has 6 nitrogen and oxygen atoms in total. The molecule has 116 valence electrons. The normalized spacial score (nSPS) is 24.7. The van der Waals surface area contributed by atoms with E-state index in [1.54, 1.807) is 18.2 Å². The van der Waals surface area contributed by atoms with Crippen LogP contribution >= 0.6 is 0 Å². The molecule has 1 aliphatic rings. The van der Waals surface area contributed by atoms with Crippen molar-refractivity contribution in [3.8, 4) is 11.5 Å². The fourth-order valence-corrected chi connectivity index (χ4v) is 2.66. The molecule has 1 saturated carbocycles. The van der Waals surface area contributed by atoms with Gasteiger partial charge < -0.3 is 25.0 Å². The molecule has 0 aromatic heterocycles. The number of benzene rings is 1. The second-order valence-corrected chi connectivity index (χ2v) is 5.22. The summed E-state index contributed by atoms with van der Waals surface area (Å²) < 4.78 is 10.3. The molecule has 2 rings (SSSR count). The van der Waals surface area contributed by atoms with Crippen LogP contribution in [0.2, 0.25) is 0 Å². The van der Waals surface area contributed by atoms with E-state index in [0.717, 1.165) is 0 Å². The second-order valence-electron chi connectivity index (χ2n) is 5.22. The Labute approximate surface area is 123 Å². The number of rotatable bonds is 5. The molecule has 0 heterocycles. The lowest BCUT2D eigenvalue weighted by atomic mass is 10.1. The number of carbonyl (C=O) groups is 1. The van der Waals surface area contributed by atoms with Crippen LogP contribution in [0.5, 0.6) is 11.5 Å². The zero-order valence-electron chi connectivity index (χ0n) is 12.2. The Hall–Kier alpha value is -1.79. The van der Waals surface area contributed by atoms with E-state index in [1.807, 2.05) is 0 Å². The monoisotopic (exact) mass is 295 g/mol. The number of aliphatic hydroxyl groups excluding tert-OH is 2. The van der Waals surface area contributed by atoms with Crippen molar-refractivity contribution in [2.75, 3.05) is 20.8 Å². The van der Waals surface area contributed by atoms with Crippen molar-refractivity contribution in [2.24, 2.45) is 5.92 Å². The summed E-state index contributed by atoms with van der Waals surface area (Å²) in [6, 6.07) is 4.82. The quantitative estimate of drug-likeness (QED) is 0.739. The third-order valence-electron chi connectivity index (χ3n) is 3.87. The van der Waals surface area contributed by atoms with Crippen molar-refractivity contribution >= 4 is 5.91 Å². The van der Waals surface area contributed by atoms with Crippen molar-refractivity contribution in [3.05, 3.63) is 23.8 Å². The van der Waals surface area contributed by atoms with Gasteiger partial charge in [-0.2, -0.15) is 0 Å². The van der Waals surface area contributed by atoms with Crippen molar-refractivity contribution in [3.63, 3.8) is 0 Å². The lowest BCUT2D eigenvalue weighted by Crippen LogP contribution is -2.33. The molecule has 1 aromatic carbocycles. The maximum absolute atomic E-state index is 12.2. The molecule has 0 bridgehead atoms. The number of ether oxygens (including phenoxy) is 2. The third kappa shape index (κ3) is 3.46. The predicted molar refractivity (Wildman–Crippen MR) is 76.6 cm³/mol. The van der Waals surface area contributed by atoms with Gasteiger partial charge in [0.2, 0.25) is 0 Å². The minimum atomic E-state index is -0.564. The third-order valence-corrected chi connectivity index (χ3v) is 3.87. The van der Waals surface area contributed by atoms with Crippen LogP contribution in [0, 0.1) is 5.92 Å². The standard InChI is InChI=1S/C15H21NO5/c1-20-13-4-3-9(6-14(13)21-2)15(19)16-11-5-10(8-17)12(18)7-11/h3-4,6,10-12,17-18H,5,7-8H2,1-2H3,(H,16,19)/t10-,11-,12+/m0/s1.